The molecule has 27 heavy (non-hydrogen) atoms. The van der Waals surface area contributed by atoms with Crippen molar-refractivity contribution in [2.24, 2.45) is 0 Å². The number of rotatable bonds is 3. The Balaban J connectivity index is 1.37. The first-order chi connectivity index (χ1) is 13.3. The van der Waals surface area contributed by atoms with E-state index in [4.69, 9.17) is 4.98 Å². The van der Waals surface area contributed by atoms with Gasteiger partial charge in [-0.05, 0) is 30.2 Å². The molecule has 4 heterocycles. The first-order valence-corrected chi connectivity index (χ1v) is 9.31. The molecule has 1 N–H and O–H groups in total. The summed E-state index contributed by atoms with van der Waals surface area (Å²) >= 11 is 0. The lowest BCUT2D eigenvalue weighted by molar-refractivity contribution is 0.244. The number of hydrogen-bond donors (Lipinski definition) is 1. The molecule has 0 unspecified atom stereocenters. The van der Waals surface area contributed by atoms with E-state index in [-0.39, 0.29) is 0 Å². The fourth-order valence-corrected chi connectivity index (χ4v) is 3.89. The Morgan fingerprint density at radius 1 is 1.15 bits per heavy atom. The van der Waals surface area contributed by atoms with Crippen LogP contribution < -0.4 is 0 Å². The molecule has 0 radical (unpaired) electrons. The van der Waals surface area contributed by atoms with E-state index in [0.29, 0.717) is 0 Å². The van der Waals surface area contributed by atoms with E-state index in [9.17, 15) is 0 Å². The zero-order valence-corrected chi connectivity index (χ0v) is 15.3. The molecule has 5 heteroatoms. The molecule has 134 valence electrons. The summed E-state index contributed by atoms with van der Waals surface area (Å²) in [4.78, 5) is 19.4. The Morgan fingerprint density at radius 2 is 2.04 bits per heavy atom. The minimum atomic E-state index is 0.789. The molecule has 1 aromatic carbocycles. The Labute approximate surface area is 158 Å². The van der Waals surface area contributed by atoms with Gasteiger partial charge in [-0.1, -0.05) is 18.2 Å². The van der Waals surface area contributed by atoms with Gasteiger partial charge in [-0.15, -0.1) is 0 Å². The number of H-pyrrole nitrogens is 1. The van der Waals surface area contributed by atoms with Crippen LogP contribution in [0.5, 0.6) is 0 Å². The highest BCUT2D eigenvalue weighted by atomic mass is 15.1. The molecule has 0 atom stereocenters. The van der Waals surface area contributed by atoms with Crippen LogP contribution in [-0.4, -0.2) is 31.4 Å². The van der Waals surface area contributed by atoms with Crippen LogP contribution in [0.4, 0.5) is 0 Å². The summed E-state index contributed by atoms with van der Waals surface area (Å²) in [5, 5.41) is 1.32. The Bertz CT molecular complexity index is 1100. The maximum absolute atomic E-state index is 4.80. The second-order valence-corrected chi connectivity index (χ2v) is 7.17. The average Bonchev–Trinajstić information content (AvgIpc) is 3.12. The van der Waals surface area contributed by atoms with Crippen molar-refractivity contribution in [2.75, 3.05) is 6.54 Å². The number of hydrogen-bond acceptors (Lipinski definition) is 4. The van der Waals surface area contributed by atoms with Crippen molar-refractivity contribution < 1.29 is 0 Å². The zero-order valence-electron chi connectivity index (χ0n) is 15.3. The van der Waals surface area contributed by atoms with Gasteiger partial charge >= 0.3 is 0 Å². The molecule has 0 bridgehead atoms. The highest BCUT2D eigenvalue weighted by Gasteiger charge is 2.20. The van der Waals surface area contributed by atoms with Crippen LogP contribution in [0.15, 0.2) is 55.1 Å². The monoisotopic (exact) mass is 355 g/mol. The summed E-state index contributed by atoms with van der Waals surface area (Å²) in [6.07, 6.45) is 8.66. The highest BCUT2D eigenvalue weighted by molar-refractivity contribution is 5.85. The van der Waals surface area contributed by atoms with Crippen LogP contribution in [0.2, 0.25) is 0 Å². The quantitative estimate of drug-likeness (QED) is 0.606. The van der Waals surface area contributed by atoms with Gasteiger partial charge in [-0.25, -0.2) is 9.97 Å². The second kappa shape index (κ2) is 6.59. The molecule has 1 aliphatic heterocycles. The number of fused-ring (bicyclic) bond motifs is 2. The zero-order chi connectivity index (χ0) is 18.2. The molecule has 1 aliphatic rings. The maximum atomic E-state index is 4.80. The highest BCUT2D eigenvalue weighted by Crippen LogP contribution is 2.25. The van der Waals surface area contributed by atoms with E-state index in [1.807, 2.05) is 18.3 Å². The largest absolute Gasteiger partial charge is 0.361 e. The molecule has 0 saturated carbocycles. The number of nitrogens with one attached hydrogen (secondary N) is 1. The number of pyridine rings is 1. The number of para-hydroxylation sites is 1. The molecule has 0 aliphatic carbocycles. The summed E-state index contributed by atoms with van der Waals surface area (Å²) in [6.45, 7) is 5.00. The summed E-state index contributed by atoms with van der Waals surface area (Å²) in [6, 6.07) is 10.4. The molecule has 4 aromatic rings. The van der Waals surface area contributed by atoms with Gasteiger partial charge in [-0.2, -0.15) is 0 Å². The molecule has 0 fully saturated rings. The van der Waals surface area contributed by atoms with Gasteiger partial charge in [0.25, 0.3) is 0 Å². The van der Waals surface area contributed by atoms with Crippen LogP contribution in [0.1, 0.15) is 22.4 Å². The Kier molecular flexibility index (Phi) is 3.94. The molecule has 0 spiro atoms. The standard InChI is InChI=1S/C22H21N5/c1-15-3-2-4-19-17(11-24-21(15)19)13-27-10-7-20-18(14-27)12-25-22(26-20)16-5-8-23-9-6-16/h2-6,8-9,11-12,24H,7,10,13-14H2,1H3. The summed E-state index contributed by atoms with van der Waals surface area (Å²) in [5.74, 6) is 0.789. The van der Waals surface area contributed by atoms with E-state index in [2.05, 4.69) is 51.2 Å². The lowest BCUT2D eigenvalue weighted by atomic mass is 10.0. The average molecular weight is 355 g/mol. The van der Waals surface area contributed by atoms with Gasteiger partial charge in [-0.3, -0.25) is 9.88 Å². The first kappa shape index (κ1) is 16.1. The SMILES string of the molecule is Cc1cccc2c(CN3CCc4nc(-c5ccncc5)ncc4C3)c[nH]c12. The van der Waals surface area contributed by atoms with E-state index < -0.39 is 0 Å². The number of aryl methyl sites for hydroxylation is 1. The fourth-order valence-electron chi connectivity index (χ4n) is 3.89. The second-order valence-electron chi connectivity index (χ2n) is 7.17. The third-order valence-corrected chi connectivity index (χ3v) is 5.35. The van der Waals surface area contributed by atoms with Gasteiger partial charge in [0, 0.05) is 72.9 Å². The molecular formula is C22H21N5. The predicted octanol–water partition coefficient (Wildman–Crippen LogP) is 3.89. The van der Waals surface area contributed by atoms with Crippen LogP contribution in [-0.2, 0) is 19.5 Å². The third kappa shape index (κ3) is 3.00. The van der Waals surface area contributed by atoms with Crippen LogP contribution in [0.3, 0.4) is 0 Å². The van der Waals surface area contributed by atoms with Crippen LogP contribution >= 0.6 is 0 Å². The van der Waals surface area contributed by atoms with E-state index >= 15 is 0 Å². The van der Waals surface area contributed by atoms with Gasteiger partial charge in [0.15, 0.2) is 5.82 Å². The normalized spacial score (nSPS) is 14.4. The van der Waals surface area contributed by atoms with Gasteiger partial charge in [0.1, 0.15) is 0 Å². The molecule has 3 aromatic heterocycles. The van der Waals surface area contributed by atoms with E-state index in [0.717, 1.165) is 37.4 Å². The molecule has 0 amide bonds. The Morgan fingerprint density at radius 3 is 2.93 bits per heavy atom. The first-order valence-electron chi connectivity index (χ1n) is 9.31. The molecule has 5 nitrogen and oxygen atoms in total. The Hall–Kier alpha value is -3.05. The minimum absolute atomic E-state index is 0.789. The summed E-state index contributed by atoms with van der Waals surface area (Å²) in [5.41, 5.74) is 7.31. The van der Waals surface area contributed by atoms with Gasteiger partial charge in [0.05, 0.1) is 5.69 Å². The lowest BCUT2D eigenvalue weighted by Gasteiger charge is -2.27. The van der Waals surface area contributed by atoms with E-state index in [1.165, 1.54) is 33.3 Å². The topological polar surface area (TPSA) is 57.7 Å². The molecule has 0 saturated heterocycles. The molecular weight excluding hydrogens is 334 g/mol. The van der Waals surface area contributed by atoms with Crippen molar-refractivity contribution >= 4 is 10.9 Å². The number of benzene rings is 1. The van der Waals surface area contributed by atoms with Crippen molar-refractivity contribution in [3.8, 4) is 11.4 Å². The van der Waals surface area contributed by atoms with Crippen LogP contribution in [0.25, 0.3) is 22.3 Å². The van der Waals surface area contributed by atoms with Crippen molar-refractivity contribution in [2.45, 2.75) is 26.4 Å². The van der Waals surface area contributed by atoms with Crippen molar-refractivity contribution in [3.63, 3.8) is 0 Å². The number of aromatic amines is 1. The smallest absolute Gasteiger partial charge is 0.159 e. The van der Waals surface area contributed by atoms with Crippen molar-refractivity contribution in [1.29, 1.82) is 0 Å². The number of aromatic nitrogens is 4. The summed E-state index contributed by atoms with van der Waals surface area (Å²) < 4.78 is 0. The predicted molar refractivity (Wildman–Crippen MR) is 106 cm³/mol. The minimum Gasteiger partial charge on any atom is -0.361 e. The van der Waals surface area contributed by atoms with E-state index in [1.54, 1.807) is 12.4 Å². The third-order valence-electron chi connectivity index (χ3n) is 5.35. The fraction of sp³-hybridized carbons (Fsp3) is 0.227. The van der Waals surface area contributed by atoms with Crippen molar-refractivity contribution in [1.82, 2.24) is 24.8 Å². The van der Waals surface area contributed by atoms with Crippen molar-refractivity contribution in [3.05, 3.63) is 77.5 Å². The summed E-state index contributed by atoms with van der Waals surface area (Å²) in [7, 11) is 0. The van der Waals surface area contributed by atoms with Crippen LogP contribution in [0, 0.1) is 6.92 Å². The lowest BCUT2D eigenvalue weighted by Crippen LogP contribution is -2.30. The number of nitrogens with zero attached hydrogens (tertiary/aromatic N) is 4. The van der Waals surface area contributed by atoms with Gasteiger partial charge in [0.2, 0.25) is 0 Å². The maximum Gasteiger partial charge on any atom is 0.159 e. The van der Waals surface area contributed by atoms with Gasteiger partial charge < -0.3 is 4.98 Å². The molecule has 5 rings (SSSR count).